The Labute approximate surface area is 123 Å². The second-order valence-corrected chi connectivity index (χ2v) is 5.79. The number of aryl methyl sites for hydroxylation is 1. The van der Waals surface area contributed by atoms with E-state index in [2.05, 4.69) is 18.2 Å². The van der Waals surface area contributed by atoms with Crippen molar-refractivity contribution in [2.45, 2.75) is 25.2 Å². The van der Waals surface area contributed by atoms with E-state index >= 15 is 0 Å². The van der Waals surface area contributed by atoms with Gasteiger partial charge in [0.1, 0.15) is 5.92 Å². The molecule has 2 aromatic carbocycles. The Kier molecular flexibility index (Phi) is 2.71. The van der Waals surface area contributed by atoms with Gasteiger partial charge in [-0.1, -0.05) is 48.6 Å². The van der Waals surface area contributed by atoms with E-state index in [1.165, 1.54) is 28.7 Å². The third-order valence-electron chi connectivity index (χ3n) is 4.59. The fourth-order valence-electron chi connectivity index (χ4n) is 3.67. The van der Waals surface area contributed by atoms with Gasteiger partial charge in [0.05, 0.1) is 0 Å². The fourth-order valence-corrected chi connectivity index (χ4v) is 3.67. The minimum Gasteiger partial charge on any atom is -0.481 e. The maximum absolute atomic E-state index is 11.5. The number of carbonyl (C=O) groups is 1. The number of rotatable bonds is 2. The van der Waals surface area contributed by atoms with Crippen molar-refractivity contribution in [3.05, 3.63) is 64.7 Å². The molecule has 0 heterocycles. The molecule has 104 valence electrons. The molecule has 0 spiro atoms. The van der Waals surface area contributed by atoms with E-state index in [9.17, 15) is 9.90 Å². The molecule has 0 radical (unpaired) electrons. The molecule has 0 fully saturated rings. The summed E-state index contributed by atoms with van der Waals surface area (Å²) in [5.41, 5.74) is 7.26. The molecule has 2 aromatic rings. The van der Waals surface area contributed by atoms with E-state index in [0.717, 1.165) is 24.0 Å². The summed E-state index contributed by atoms with van der Waals surface area (Å²) in [5, 5.41) is 9.42. The summed E-state index contributed by atoms with van der Waals surface area (Å²) in [7, 11) is 0. The highest BCUT2D eigenvalue weighted by molar-refractivity contribution is 5.91. The van der Waals surface area contributed by atoms with Crippen molar-refractivity contribution >= 4 is 12.0 Å². The molecule has 0 saturated heterocycles. The van der Waals surface area contributed by atoms with Crippen LogP contribution in [-0.2, 0) is 17.6 Å². The van der Waals surface area contributed by atoms with Crippen LogP contribution in [0.1, 0.15) is 34.6 Å². The van der Waals surface area contributed by atoms with E-state index in [0.29, 0.717) is 0 Å². The molecular formula is C19H16O2. The van der Waals surface area contributed by atoms with E-state index in [1.54, 1.807) is 0 Å². The summed E-state index contributed by atoms with van der Waals surface area (Å²) in [4.78, 5) is 11.5. The SMILES string of the molecule is O=C(O)C1C=Cc2c1cc1c(c2-c2ccccc2)CCC1. The Morgan fingerprint density at radius 2 is 1.95 bits per heavy atom. The van der Waals surface area contributed by atoms with Crippen molar-refractivity contribution in [2.24, 2.45) is 0 Å². The van der Waals surface area contributed by atoms with Gasteiger partial charge in [0, 0.05) is 0 Å². The van der Waals surface area contributed by atoms with Crippen LogP contribution in [0.4, 0.5) is 0 Å². The molecule has 1 N–H and O–H groups in total. The topological polar surface area (TPSA) is 37.3 Å². The molecule has 4 rings (SSSR count). The number of carboxylic acids is 1. The molecule has 21 heavy (non-hydrogen) atoms. The molecule has 0 saturated carbocycles. The van der Waals surface area contributed by atoms with E-state index in [-0.39, 0.29) is 0 Å². The number of benzene rings is 2. The average molecular weight is 276 g/mol. The Bertz CT molecular complexity index is 757. The molecular weight excluding hydrogens is 260 g/mol. The fraction of sp³-hybridized carbons (Fsp3) is 0.211. The highest BCUT2D eigenvalue weighted by Crippen LogP contribution is 2.43. The molecule has 0 amide bonds. The number of hydrogen-bond donors (Lipinski definition) is 1. The molecule has 2 aliphatic carbocycles. The van der Waals surface area contributed by atoms with Crippen LogP contribution in [0.25, 0.3) is 17.2 Å². The maximum atomic E-state index is 11.5. The zero-order chi connectivity index (χ0) is 14.4. The molecule has 0 aromatic heterocycles. The van der Waals surface area contributed by atoms with Gasteiger partial charge in [0.25, 0.3) is 0 Å². The second-order valence-electron chi connectivity index (χ2n) is 5.79. The van der Waals surface area contributed by atoms with Crippen LogP contribution in [0.2, 0.25) is 0 Å². The largest absolute Gasteiger partial charge is 0.481 e. The molecule has 2 aliphatic rings. The quantitative estimate of drug-likeness (QED) is 0.899. The van der Waals surface area contributed by atoms with Gasteiger partial charge in [0.2, 0.25) is 0 Å². The zero-order valence-corrected chi connectivity index (χ0v) is 11.7. The van der Waals surface area contributed by atoms with E-state index in [1.807, 2.05) is 30.4 Å². The summed E-state index contributed by atoms with van der Waals surface area (Å²) < 4.78 is 0. The van der Waals surface area contributed by atoms with Crippen LogP contribution in [0, 0.1) is 0 Å². The molecule has 1 unspecified atom stereocenters. The summed E-state index contributed by atoms with van der Waals surface area (Å²) in [6.07, 6.45) is 7.14. The van der Waals surface area contributed by atoms with Gasteiger partial charge in [-0.15, -0.1) is 0 Å². The smallest absolute Gasteiger partial charge is 0.314 e. The lowest BCUT2D eigenvalue weighted by atomic mass is 9.87. The standard InChI is InChI=1S/C19H16O2/c20-19(21)16-10-9-15-17(16)11-13-7-4-8-14(13)18(15)12-5-2-1-3-6-12/h1-3,5-6,9-11,16H,4,7-8H2,(H,20,21). The first kappa shape index (κ1) is 12.4. The van der Waals surface area contributed by atoms with E-state index in [4.69, 9.17) is 0 Å². The number of hydrogen-bond acceptors (Lipinski definition) is 1. The molecule has 2 nitrogen and oxygen atoms in total. The Balaban J connectivity index is 2.01. The number of aliphatic carboxylic acids is 1. The predicted octanol–water partition coefficient (Wildman–Crippen LogP) is 4.04. The highest BCUT2D eigenvalue weighted by Gasteiger charge is 2.30. The van der Waals surface area contributed by atoms with Crippen LogP contribution in [0.3, 0.4) is 0 Å². The highest BCUT2D eigenvalue weighted by atomic mass is 16.4. The second kappa shape index (κ2) is 4.59. The van der Waals surface area contributed by atoms with Crippen LogP contribution >= 0.6 is 0 Å². The molecule has 1 atom stereocenters. The van der Waals surface area contributed by atoms with Crippen molar-refractivity contribution in [2.75, 3.05) is 0 Å². The third kappa shape index (κ3) is 1.83. The van der Waals surface area contributed by atoms with Gasteiger partial charge in [0.15, 0.2) is 0 Å². The van der Waals surface area contributed by atoms with Crippen molar-refractivity contribution < 1.29 is 9.90 Å². The van der Waals surface area contributed by atoms with Gasteiger partial charge < -0.3 is 5.11 Å². The Morgan fingerprint density at radius 3 is 2.71 bits per heavy atom. The lowest BCUT2D eigenvalue weighted by Crippen LogP contribution is -2.08. The molecule has 0 aliphatic heterocycles. The van der Waals surface area contributed by atoms with Gasteiger partial charge in [-0.3, -0.25) is 4.79 Å². The van der Waals surface area contributed by atoms with E-state index < -0.39 is 11.9 Å². The maximum Gasteiger partial charge on any atom is 0.314 e. The van der Waals surface area contributed by atoms with Crippen molar-refractivity contribution in [1.82, 2.24) is 0 Å². The van der Waals surface area contributed by atoms with Gasteiger partial charge >= 0.3 is 5.97 Å². The monoisotopic (exact) mass is 276 g/mol. The molecule has 2 heteroatoms. The van der Waals surface area contributed by atoms with Crippen molar-refractivity contribution in [3.8, 4) is 11.1 Å². The number of carboxylic acid groups (broad SMARTS) is 1. The first-order valence-corrected chi connectivity index (χ1v) is 7.41. The van der Waals surface area contributed by atoms with Gasteiger partial charge in [-0.25, -0.2) is 0 Å². The third-order valence-corrected chi connectivity index (χ3v) is 4.59. The normalized spacial score (nSPS) is 18.6. The average Bonchev–Trinajstić information content (AvgIpc) is 3.11. The predicted molar refractivity (Wildman–Crippen MR) is 83.3 cm³/mol. The first-order chi connectivity index (χ1) is 10.3. The minimum atomic E-state index is -0.762. The van der Waals surface area contributed by atoms with Gasteiger partial charge in [-0.2, -0.15) is 0 Å². The zero-order valence-electron chi connectivity index (χ0n) is 11.7. The molecule has 0 bridgehead atoms. The van der Waals surface area contributed by atoms with Crippen LogP contribution < -0.4 is 0 Å². The lowest BCUT2D eigenvalue weighted by Gasteiger charge is -2.16. The van der Waals surface area contributed by atoms with Crippen LogP contribution in [0.15, 0.2) is 42.5 Å². The Morgan fingerprint density at radius 1 is 1.14 bits per heavy atom. The van der Waals surface area contributed by atoms with Crippen molar-refractivity contribution in [1.29, 1.82) is 0 Å². The lowest BCUT2D eigenvalue weighted by molar-refractivity contribution is -0.137. The first-order valence-electron chi connectivity index (χ1n) is 7.41. The Hall–Kier alpha value is -2.35. The summed E-state index contributed by atoms with van der Waals surface area (Å²) in [6.45, 7) is 0. The van der Waals surface area contributed by atoms with Crippen LogP contribution in [-0.4, -0.2) is 11.1 Å². The van der Waals surface area contributed by atoms with Gasteiger partial charge in [-0.05, 0) is 52.6 Å². The van der Waals surface area contributed by atoms with Crippen molar-refractivity contribution in [3.63, 3.8) is 0 Å². The summed E-state index contributed by atoms with van der Waals surface area (Å²) in [5.74, 6) is -1.25. The summed E-state index contributed by atoms with van der Waals surface area (Å²) >= 11 is 0. The number of fused-ring (bicyclic) bond motifs is 2. The summed E-state index contributed by atoms with van der Waals surface area (Å²) in [6, 6.07) is 12.5. The minimum absolute atomic E-state index is 0.492. The van der Waals surface area contributed by atoms with Crippen LogP contribution in [0.5, 0.6) is 0 Å².